The lowest BCUT2D eigenvalue weighted by Gasteiger charge is -2.20. The highest BCUT2D eigenvalue weighted by atomic mass is 35.5. The van der Waals surface area contributed by atoms with Gasteiger partial charge in [0, 0.05) is 16.1 Å². The Morgan fingerprint density at radius 3 is 2.48 bits per heavy atom. The Kier molecular flexibility index (Phi) is 4.27. The van der Waals surface area contributed by atoms with Gasteiger partial charge in [0.1, 0.15) is 11.5 Å². The first-order valence-corrected chi connectivity index (χ1v) is 6.48. The number of anilines is 1. The smallest absolute Gasteiger partial charge is 0.160 e. The monoisotopic (exact) mass is 309 g/mol. The van der Waals surface area contributed by atoms with Gasteiger partial charge in [-0.25, -0.2) is 4.39 Å². The van der Waals surface area contributed by atoms with Gasteiger partial charge in [-0.3, -0.25) is 15.2 Å². The average Bonchev–Trinajstić information content (AvgIpc) is 2.40. The molecule has 21 heavy (non-hydrogen) atoms. The molecule has 0 saturated heterocycles. The van der Waals surface area contributed by atoms with Gasteiger partial charge in [-0.1, -0.05) is 23.7 Å². The number of rotatable bonds is 3. The highest BCUT2D eigenvalue weighted by Gasteiger charge is 2.22. The number of hydrogen-bond donors (Lipinski definition) is 2. The van der Waals surface area contributed by atoms with Gasteiger partial charge in [0.05, 0.1) is 0 Å². The van der Waals surface area contributed by atoms with Gasteiger partial charge >= 0.3 is 0 Å². The Bertz CT molecular complexity index is 716. The van der Waals surface area contributed by atoms with E-state index >= 15 is 0 Å². The molecule has 0 unspecified atom stereocenters. The Morgan fingerprint density at radius 1 is 1.29 bits per heavy atom. The van der Waals surface area contributed by atoms with E-state index in [1.165, 1.54) is 31.2 Å². The van der Waals surface area contributed by atoms with Gasteiger partial charge < -0.3 is 0 Å². The molecule has 0 bridgehead atoms. The van der Waals surface area contributed by atoms with Crippen LogP contribution >= 0.6 is 11.6 Å². The minimum atomic E-state index is -0.497. The summed E-state index contributed by atoms with van der Waals surface area (Å²) >= 11 is 6.02. The number of hydrogen-bond acceptors (Lipinski definition) is 4. The molecule has 0 amide bonds. The maximum atomic E-state index is 13.4. The molecule has 0 aliphatic rings. The van der Waals surface area contributed by atoms with Crippen LogP contribution in [0.5, 0.6) is 0 Å². The normalized spacial score (nSPS) is 10.6. The lowest BCUT2D eigenvalue weighted by Crippen LogP contribution is -2.16. The fourth-order valence-corrected chi connectivity index (χ4v) is 2.40. The molecule has 2 aromatic rings. The van der Waals surface area contributed by atoms with Crippen LogP contribution in [0.1, 0.15) is 22.8 Å². The number of Topliss-reactive ketones (excluding diaryl/α,β-unsaturated/α-hetero) is 1. The third kappa shape index (κ3) is 2.90. The van der Waals surface area contributed by atoms with Crippen LogP contribution in [-0.2, 0) is 0 Å². The summed E-state index contributed by atoms with van der Waals surface area (Å²) < 4.78 is 13.4. The maximum absolute atomic E-state index is 13.4. The topological polar surface area (TPSA) is 60.8 Å². The van der Waals surface area contributed by atoms with Crippen LogP contribution < -0.4 is 5.23 Å². The van der Waals surface area contributed by atoms with Gasteiger partial charge in [0.25, 0.3) is 0 Å². The number of carbonyl (C=O) groups is 1. The van der Waals surface area contributed by atoms with Crippen LogP contribution in [0.25, 0.3) is 11.1 Å². The molecule has 0 aliphatic heterocycles. The third-order valence-electron chi connectivity index (χ3n) is 3.18. The van der Waals surface area contributed by atoms with E-state index in [2.05, 4.69) is 0 Å². The molecule has 0 aromatic heterocycles. The van der Waals surface area contributed by atoms with Crippen molar-refractivity contribution in [1.82, 2.24) is 0 Å². The second-order valence-electron chi connectivity index (χ2n) is 4.61. The molecule has 6 heteroatoms. The zero-order valence-corrected chi connectivity index (χ0v) is 12.1. The molecule has 0 aliphatic carbocycles. The summed E-state index contributed by atoms with van der Waals surface area (Å²) in [4.78, 5) is 11.8. The largest absolute Gasteiger partial charge is 0.294 e. The molecule has 0 radical (unpaired) electrons. The van der Waals surface area contributed by atoms with Crippen molar-refractivity contribution in [3.8, 4) is 11.1 Å². The fraction of sp³-hybridized carbons (Fsp3) is 0.133. The summed E-state index contributed by atoms with van der Waals surface area (Å²) in [6.07, 6.45) is 0. The molecule has 0 fully saturated rings. The SMILES string of the molecule is CC(=O)c1cc(Cl)c(C)c(N(O)O)c1-c1cccc(F)c1. The molecule has 0 spiro atoms. The minimum absolute atomic E-state index is 0.0571. The molecular formula is C15H13ClFNO3. The Hall–Kier alpha value is -1.95. The Balaban J connectivity index is 2.90. The van der Waals surface area contributed by atoms with Crippen LogP contribution in [0, 0.1) is 12.7 Å². The fourth-order valence-electron chi connectivity index (χ4n) is 2.20. The first-order valence-electron chi connectivity index (χ1n) is 6.10. The van der Waals surface area contributed by atoms with Crippen molar-refractivity contribution in [2.75, 3.05) is 5.23 Å². The van der Waals surface area contributed by atoms with E-state index in [1.807, 2.05) is 0 Å². The second-order valence-corrected chi connectivity index (χ2v) is 5.02. The zero-order valence-electron chi connectivity index (χ0n) is 11.4. The predicted octanol–water partition coefficient (Wildman–Crippen LogP) is 4.24. The zero-order chi connectivity index (χ0) is 15.7. The molecular weight excluding hydrogens is 297 g/mol. The molecule has 4 nitrogen and oxygen atoms in total. The van der Waals surface area contributed by atoms with Crippen molar-refractivity contribution >= 4 is 23.1 Å². The molecule has 0 atom stereocenters. The van der Waals surface area contributed by atoms with Crippen molar-refractivity contribution in [3.05, 3.63) is 52.3 Å². The molecule has 2 aromatic carbocycles. The number of carbonyl (C=O) groups excluding carboxylic acids is 1. The number of nitrogens with zero attached hydrogens (tertiary/aromatic N) is 1. The van der Waals surface area contributed by atoms with Gasteiger partial charge in [0.2, 0.25) is 0 Å². The third-order valence-corrected chi connectivity index (χ3v) is 3.58. The van der Waals surface area contributed by atoms with E-state index < -0.39 is 5.82 Å². The van der Waals surface area contributed by atoms with Crippen molar-refractivity contribution < 1.29 is 19.6 Å². The van der Waals surface area contributed by atoms with Gasteiger partial charge in [-0.05, 0) is 43.2 Å². The maximum Gasteiger partial charge on any atom is 0.160 e. The van der Waals surface area contributed by atoms with Gasteiger partial charge in [0.15, 0.2) is 5.78 Å². The molecule has 0 heterocycles. The predicted molar refractivity (Wildman–Crippen MR) is 77.6 cm³/mol. The minimum Gasteiger partial charge on any atom is -0.294 e. The van der Waals surface area contributed by atoms with E-state index in [1.54, 1.807) is 13.0 Å². The summed E-state index contributed by atoms with van der Waals surface area (Å²) in [7, 11) is 0. The first-order chi connectivity index (χ1) is 9.82. The molecule has 2 rings (SSSR count). The lowest BCUT2D eigenvalue weighted by molar-refractivity contribution is 0.0291. The summed E-state index contributed by atoms with van der Waals surface area (Å²) in [6, 6.07) is 6.95. The van der Waals surface area contributed by atoms with Crippen molar-refractivity contribution in [3.63, 3.8) is 0 Å². The highest BCUT2D eigenvalue weighted by molar-refractivity contribution is 6.32. The van der Waals surface area contributed by atoms with E-state index in [-0.39, 0.29) is 32.8 Å². The first kappa shape index (κ1) is 15.4. The number of ketones is 1. The lowest BCUT2D eigenvalue weighted by atomic mass is 9.93. The van der Waals surface area contributed by atoms with Crippen LogP contribution in [0.15, 0.2) is 30.3 Å². The van der Waals surface area contributed by atoms with Crippen molar-refractivity contribution in [1.29, 1.82) is 0 Å². The van der Waals surface area contributed by atoms with E-state index in [4.69, 9.17) is 11.6 Å². The Morgan fingerprint density at radius 2 is 1.95 bits per heavy atom. The van der Waals surface area contributed by atoms with Gasteiger partial charge in [-0.15, -0.1) is 5.23 Å². The van der Waals surface area contributed by atoms with E-state index in [0.717, 1.165) is 0 Å². The van der Waals surface area contributed by atoms with Crippen LogP contribution in [-0.4, -0.2) is 16.2 Å². The van der Waals surface area contributed by atoms with Crippen LogP contribution in [0.2, 0.25) is 5.02 Å². The van der Waals surface area contributed by atoms with Crippen molar-refractivity contribution in [2.45, 2.75) is 13.8 Å². The quantitative estimate of drug-likeness (QED) is 0.657. The van der Waals surface area contributed by atoms with Crippen LogP contribution in [0.3, 0.4) is 0 Å². The number of halogens is 2. The Labute approximate surface area is 125 Å². The molecule has 110 valence electrons. The standard InChI is InChI=1S/C15H13ClFNO3/c1-8-13(16)7-12(9(2)19)14(15(8)18(20)21)10-4-3-5-11(17)6-10/h3-7,20-21H,1-2H3. The van der Waals surface area contributed by atoms with E-state index in [0.29, 0.717) is 11.1 Å². The van der Waals surface area contributed by atoms with Gasteiger partial charge in [-0.2, -0.15) is 0 Å². The highest BCUT2D eigenvalue weighted by Crippen LogP contribution is 2.39. The van der Waals surface area contributed by atoms with Crippen LogP contribution in [0.4, 0.5) is 10.1 Å². The second kappa shape index (κ2) is 5.81. The molecule has 0 saturated carbocycles. The van der Waals surface area contributed by atoms with Crippen molar-refractivity contribution in [2.24, 2.45) is 0 Å². The molecule has 2 N–H and O–H groups in total. The number of benzene rings is 2. The summed E-state index contributed by atoms with van der Waals surface area (Å²) in [6.45, 7) is 2.90. The van der Waals surface area contributed by atoms with E-state index in [9.17, 15) is 19.6 Å². The summed E-state index contributed by atoms with van der Waals surface area (Å²) in [5, 5.41) is 19.1. The summed E-state index contributed by atoms with van der Waals surface area (Å²) in [5.41, 5.74) is 1.06. The summed E-state index contributed by atoms with van der Waals surface area (Å²) in [5.74, 6) is -0.817. The average molecular weight is 310 g/mol.